The van der Waals surface area contributed by atoms with Crippen LogP contribution in [0.1, 0.15) is 19.8 Å². The Balaban J connectivity index is 2.13. The average Bonchev–Trinajstić information content (AvgIpc) is 2.92. The molecule has 0 amide bonds. The predicted octanol–water partition coefficient (Wildman–Crippen LogP) is 9.31. The molecule has 0 radical (unpaired) electrons. The Labute approximate surface area is 251 Å². The maximum absolute atomic E-state index is 14.0. The molecule has 0 aliphatic heterocycles. The van der Waals surface area contributed by atoms with Gasteiger partial charge in [0.05, 0.1) is 0 Å². The number of carbonyl (C=O) groups excluding carboxylic acids is 1. The van der Waals surface area contributed by atoms with E-state index in [0.717, 1.165) is 12.1 Å². The van der Waals surface area contributed by atoms with Crippen LogP contribution >= 0.6 is 0 Å². The molecule has 2 rings (SSSR count). The molecule has 0 spiro atoms. The molecule has 0 fully saturated rings. The van der Waals surface area contributed by atoms with E-state index in [1.165, 1.54) is 29.0 Å². The summed E-state index contributed by atoms with van der Waals surface area (Å²) < 4.78 is 236. The third kappa shape index (κ3) is 8.68. The maximum atomic E-state index is 14.0. The van der Waals surface area contributed by atoms with Crippen molar-refractivity contribution >= 4 is 5.97 Å². The summed E-state index contributed by atoms with van der Waals surface area (Å²) in [5, 5.41) is 0. The average molecular weight is 720 g/mol. The smallest absolute Gasteiger partial charge is 0.452 e. The normalized spacial score (nSPS) is 15.3. The Kier molecular flexibility index (Phi) is 11.4. The first-order valence-electron chi connectivity index (χ1n) is 12.2. The molecule has 22 heteroatoms. The van der Waals surface area contributed by atoms with Gasteiger partial charge in [0.25, 0.3) is 0 Å². The molecular weight excluding hydrogens is 703 g/mol. The Hall–Kier alpha value is -3.56. The third-order valence-electron chi connectivity index (χ3n) is 5.54. The van der Waals surface area contributed by atoms with Crippen molar-refractivity contribution in [2.75, 3.05) is 0 Å². The molecule has 0 N–H and O–H groups in total. The molecule has 2 aromatic carbocycles. The van der Waals surface area contributed by atoms with Gasteiger partial charge in [-0.2, -0.15) is 70.2 Å². The summed E-state index contributed by atoms with van der Waals surface area (Å²) in [7, 11) is 0. The number of ether oxygens (including phenoxy) is 4. The fourth-order valence-electron chi connectivity index (χ4n) is 3.10. The largest absolute Gasteiger partial charge is 0.460 e. The van der Waals surface area contributed by atoms with Crippen LogP contribution in [0.4, 0.5) is 74.6 Å². The maximum Gasteiger partial charge on any atom is 0.460 e. The summed E-state index contributed by atoms with van der Waals surface area (Å²) in [6.07, 6.45) is -42.7. The van der Waals surface area contributed by atoms with E-state index in [1.807, 2.05) is 0 Å². The van der Waals surface area contributed by atoms with E-state index < -0.39 is 66.7 Å². The van der Waals surface area contributed by atoms with Gasteiger partial charge in [0.15, 0.2) is 6.17 Å². The van der Waals surface area contributed by atoms with Gasteiger partial charge in [-0.05, 0) is 41.8 Å². The molecule has 0 saturated heterocycles. The molecule has 5 nitrogen and oxygen atoms in total. The van der Waals surface area contributed by atoms with Gasteiger partial charge in [0.2, 0.25) is 0 Å². The summed E-state index contributed by atoms with van der Waals surface area (Å²) >= 11 is 0. The fourth-order valence-corrected chi connectivity index (χ4v) is 3.10. The summed E-state index contributed by atoms with van der Waals surface area (Å²) in [5.41, 5.74) is 0.490. The van der Waals surface area contributed by atoms with Crippen LogP contribution < -0.4 is 9.47 Å². The van der Waals surface area contributed by atoms with Crippen LogP contribution in [-0.4, -0.2) is 61.0 Å². The van der Waals surface area contributed by atoms with E-state index in [4.69, 9.17) is 4.74 Å². The Morgan fingerprint density at radius 3 is 1.47 bits per heavy atom. The van der Waals surface area contributed by atoms with Crippen molar-refractivity contribution in [3.8, 4) is 22.6 Å². The lowest BCUT2D eigenvalue weighted by Crippen LogP contribution is -2.64. The Morgan fingerprint density at radius 1 is 0.617 bits per heavy atom. The zero-order chi connectivity index (χ0) is 36.4. The van der Waals surface area contributed by atoms with Crippen LogP contribution in [0.3, 0.4) is 0 Å². The first-order valence-corrected chi connectivity index (χ1v) is 12.2. The highest BCUT2D eigenvalue weighted by atomic mass is 19.4. The number of alkyl halides is 17. The molecule has 0 bridgehead atoms. The standard InChI is InChI=1S/C25H17F17O5/c1-2-3-16(26)17(43)44-14-8-4-12(5-9-14)13-6-10-15(11-7-13)45-18(27)19(28,29)46-24(39,40)25(41,42)47-23(37,38)21(32,33)20(30,31)22(34,35)36/h4-11,16,18H,2-3H2,1H3/t16-,18?/m0/s1. The second-order valence-electron chi connectivity index (χ2n) is 9.12. The van der Waals surface area contributed by atoms with E-state index in [9.17, 15) is 79.4 Å². The third-order valence-corrected chi connectivity index (χ3v) is 5.54. The number of hydrogen-bond acceptors (Lipinski definition) is 5. The van der Waals surface area contributed by atoms with Gasteiger partial charge in [0.1, 0.15) is 11.5 Å². The molecule has 1 unspecified atom stereocenters. The quantitative estimate of drug-likeness (QED) is 0.104. The molecule has 2 aromatic rings. The minimum atomic E-state index is -8.03. The molecule has 47 heavy (non-hydrogen) atoms. The molecular formula is C25H17F17O5. The van der Waals surface area contributed by atoms with Gasteiger partial charge in [-0.3, -0.25) is 0 Å². The minimum absolute atomic E-state index is 0.0792. The van der Waals surface area contributed by atoms with Crippen LogP contribution in [0.2, 0.25) is 0 Å². The summed E-state index contributed by atoms with van der Waals surface area (Å²) in [4.78, 5) is 11.6. The van der Waals surface area contributed by atoms with E-state index in [2.05, 4.69) is 9.47 Å². The monoisotopic (exact) mass is 720 g/mol. The summed E-state index contributed by atoms with van der Waals surface area (Å²) in [5.74, 6) is -18.1. The van der Waals surface area contributed by atoms with Crippen LogP contribution in [0, 0.1) is 0 Å². The van der Waals surface area contributed by atoms with Gasteiger partial charge in [-0.1, -0.05) is 37.6 Å². The zero-order valence-corrected chi connectivity index (χ0v) is 22.7. The van der Waals surface area contributed by atoms with E-state index in [-0.39, 0.29) is 17.7 Å². The highest BCUT2D eigenvalue weighted by molar-refractivity contribution is 5.77. The molecule has 0 saturated carbocycles. The van der Waals surface area contributed by atoms with Crippen molar-refractivity contribution < 1.29 is 98.4 Å². The number of esters is 1. The van der Waals surface area contributed by atoms with E-state index in [1.54, 1.807) is 6.92 Å². The van der Waals surface area contributed by atoms with Crippen molar-refractivity contribution in [2.24, 2.45) is 0 Å². The molecule has 0 aromatic heterocycles. The SMILES string of the molecule is CCC[C@H](F)C(=O)Oc1ccc(-c2ccc(OC(F)C(F)(F)OC(F)(F)C(F)(F)OC(F)(F)C(F)(F)C(F)(F)C(F)(F)F)cc2)cc1. The lowest BCUT2D eigenvalue weighted by atomic mass is 10.1. The number of hydrogen-bond donors (Lipinski definition) is 0. The fraction of sp³-hybridized carbons (Fsp3) is 0.480. The topological polar surface area (TPSA) is 54.0 Å². The number of benzene rings is 2. The van der Waals surface area contributed by atoms with Crippen molar-refractivity contribution in [1.29, 1.82) is 0 Å². The number of halogens is 17. The lowest BCUT2D eigenvalue weighted by molar-refractivity contribution is -0.547. The summed E-state index contributed by atoms with van der Waals surface area (Å²) in [6.45, 7) is 1.63. The van der Waals surface area contributed by atoms with Gasteiger partial charge in [-0.15, -0.1) is 0 Å². The second-order valence-corrected chi connectivity index (χ2v) is 9.12. The summed E-state index contributed by atoms with van der Waals surface area (Å²) in [6, 6.07) is 8.42. The van der Waals surface area contributed by atoms with E-state index >= 15 is 0 Å². The van der Waals surface area contributed by atoms with Gasteiger partial charge >= 0.3 is 54.8 Å². The van der Waals surface area contributed by atoms with Crippen LogP contribution in [-0.2, 0) is 14.3 Å². The first-order chi connectivity index (χ1) is 21.1. The van der Waals surface area contributed by atoms with Crippen molar-refractivity contribution in [1.82, 2.24) is 0 Å². The van der Waals surface area contributed by atoms with Gasteiger partial charge in [-0.25, -0.2) is 18.7 Å². The van der Waals surface area contributed by atoms with Gasteiger partial charge < -0.3 is 9.47 Å². The Bertz CT molecular complexity index is 1350. The number of rotatable bonds is 15. The predicted molar refractivity (Wildman–Crippen MR) is 121 cm³/mol. The molecule has 0 aliphatic rings. The van der Waals surface area contributed by atoms with Crippen molar-refractivity contribution in [2.45, 2.75) is 74.8 Å². The van der Waals surface area contributed by atoms with Crippen molar-refractivity contribution in [3.05, 3.63) is 48.5 Å². The van der Waals surface area contributed by atoms with Gasteiger partial charge in [0, 0.05) is 0 Å². The highest BCUT2D eigenvalue weighted by Crippen LogP contribution is 2.56. The first kappa shape index (κ1) is 39.6. The van der Waals surface area contributed by atoms with Crippen molar-refractivity contribution in [3.63, 3.8) is 0 Å². The van der Waals surface area contributed by atoms with Crippen LogP contribution in [0.5, 0.6) is 11.5 Å². The number of carbonyl (C=O) groups is 1. The molecule has 0 heterocycles. The van der Waals surface area contributed by atoms with E-state index in [0.29, 0.717) is 24.1 Å². The highest BCUT2D eigenvalue weighted by Gasteiger charge is 2.85. The minimum Gasteiger partial charge on any atom is -0.452 e. The van der Waals surface area contributed by atoms with Crippen LogP contribution in [0.15, 0.2) is 48.5 Å². The second kappa shape index (κ2) is 13.5. The Morgan fingerprint density at radius 2 is 1.04 bits per heavy atom. The molecule has 266 valence electrons. The molecule has 0 aliphatic carbocycles. The molecule has 2 atom stereocenters. The van der Waals surface area contributed by atoms with Crippen LogP contribution in [0.25, 0.3) is 11.1 Å². The zero-order valence-electron chi connectivity index (χ0n) is 22.7. The lowest BCUT2D eigenvalue weighted by Gasteiger charge is -2.36.